The molecule has 0 N–H and O–H groups in total. The Morgan fingerprint density at radius 1 is 0.640 bits per heavy atom. The summed E-state index contributed by atoms with van der Waals surface area (Å²) in [4.78, 5) is 0. The molecule has 0 unspecified atom stereocenters. The third-order valence-corrected chi connectivity index (χ3v) is 4.57. The van der Waals surface area contributed by atoms with E-state index >= 15 is 0 Å². The number of quaternary nitrogens is 1. The second kappa shape index (κ2) is 19.4. The van der Waals surface area contributed by atoms with E-state index in [9.17, 15) is 0 Å². The number of rotatable bonds is 13. The van der Waals surface area contributed by atoms with Crippen LogP contribution in [-0.4, -0.2) is 25.1 Å². The zero-order chi connectivity index (χ0) is 16.1. The average Bonchev–Trinajstić information content (AvgIpc) is 2.49. The topological polar surface area (TPSA) is 0 Å². The highest BCUT2D eigenvalue weighted by molar-refractivity contribution is 8.93. The minimum atomic E-state index is 0. The molecule has 1 nitrogen and oxygen atoms in total. The van der Waals surface area contributed by atoms with Crippen molar-refractivity contribution in [3.05, 3.63) is 35.9 Å². The number of hydrogen-bond donors (Lipinski definition) is 0. The van der Waals surface area contributed by atoms with Gasteiger partial charge in [0.25, 0.3) is 0 Å². The Morgan fingerprint density at radius 2 is 1.08 bits per heavy atom. The number of hydrogen-bond acceptors (Lipinski definition) is 0. The first-order valence-corrected chi connectivity index (χ1v) is 9.50. The maximum atomic E-state index is 2.36. The summed E-state index contributed by atoms with van der Waals surface area (Å²) < 4.78 is 1.11. The Morgan fingerprint density at radius 3 is 1.56 bits per heavy atom. The Labute approximate surface area is 188 Å². The largest absolute Gasteiger partial charge is 0.325 e. The standard InChI is InChI=1S/C21H38N.3BrH/c1-4-5-6-7-8-9-10-11-12-16-19-22(2,3)20-21-17-14-13-15-18-21;;;/h13-15,17-18H,4-12,16,19-20H2,1-3H3;3*1H/q+1;;;. The first-order chi connectivity index (χ1) is 10.6. The Hall–Kier alpha value is 0.620. The van der Waals surface area contributed by atoms with Crippen molar-refractivity contribution in [3.8, 4) is 0 Å². The molecule has 25 heavy (non-hydrogen) atoms. The quantitative estimate of drug-likeness (QED) is 0.174. The molecule has 1 aromatic carbocycles. The highest BCUT2D eigenvalue weighted by Crippen LogP contribution is 2.13. The fourth-order valence-corrected chi connectivity index (χ4v) is 3.18. The molecule has 4 heteroatoms. The van der Waals surface area contributed by atoms with E-state index in [0.717, 1.165) is 11.0 Å². The molecule has 0 radical (unpaired) electrons. The predicted molar refractivity (Wildman–Crippen MR) is 130 cm³/mol. The third-order valence-electron chi connectivity index (χ3n) is 4.57. The van der Waals surface area contributed by atoms with Crippen LogP contribution in [0, 0.1) is 0 Å². The minimum absolute atomic E-state index is 0. The number of benzene rings is 1. The van der Waals surface area contributed by atoms with Crippen LogP contribution in [0.5, 0.6) is 0 Å². The smallest absolute Gasteiger partial charge is 0.104 e. The zero-order valence-electron chi connectivity index (χ0n) is 16.5. The lowest BCUT2D eigenvalue weighted by molar-refractivity contribution is -0.903. The molecule has 1 rings (SSSR count). The van der Waals surface area contributed by atoms with Crippen LogP contribution in [0.1, 0.15) is 76.7 Å². The molecular weight excluding hydrogens is 506 g/mol. The lowest BCUT2D eigenvalue weighted by atomic mass is 10.1. The van der Waals surface area contributed by atoms with Gasteiger partial charge in [-0.25, -0.2) is 0 Å². The maximum Gasteiger partial charge on any atom is 0.104 e. The van der Waals surface area contributed by atoms with Gasteiger partial charge in [-0.3, -0.25) is 0 Å². The van der Waals surface area contributed by atoms with E-state index < -0.39 is 0 Å². The molecule has 0 fully saturated rings. The summed E-state index contributed by atoms with van der Waals surface area (Å²) >= 11 is 0. The summed E-state index contributed by atoms with van der Waals surface area (Å²) in [5, 5.41) is 0. The van der Waals surface area contributed by atoms with E-state index in [0.29, 0.717) is 0 Å². The van der Waals surface area contributed by atoms with Crippen LogP contribution in [0.25, 0.3) is 0 Å². The van der Waals surface area contributed by atoms with Crippen LogP contribution >= 0.6 is 50.9 Å². The van der Waals surface area contributed by atoms with Crippen molar-refractivity contribution in [2.45, 2.75) is 77.7 Å². The van der Waals surface area contributed by atoms with Crippen molar-refractivity contribution in [1.29, 1.82) is 0 Å². The van der Waals surface area contributed by atoms with Crippen molar-refractivity contribution < 1.29 is 4.48 Å². The van der Waals surface area contributed by atoms with Gasteiger partial charge in [0.05, 0.1) is 20.6 Å². The van der Waals surface area contributed by atoms with Crippen molar-refractivity contribution in [2.24, 2.45) is 0 Å². The van der Waals surface area contributed by atoms with E-state index in [2.05, 4.69) is 51.4 Å². The fourth-order valence-electron chi connectivity index (χ4n) is 3.18. The molecule has 0 bridgehead atoms. The van der Waals surface area contributed by atoms with Crippen LogP contribution in [0.15, 0.2) is 30.3 Å². The van der Waals surface area contributed by atoms with Crippen LogP contribution in [0.2, 0.25) is 0 Å². The summed E-state index contributed by atoms with van der Waals surface area (Å²) in [6.07, 6.45) is 14.2. The summed E-state index contributed by atoms with van der Waals surface area (Å²) in [6.45, 7) is 4.74. The van der Waals surface area contributed by atoms with Gasteiger partial charge in [0.1, 0.15) is 6.54 Å². The number of unbranched alkanes of at least 4 members (excludes halogenated alkanes) is 9. The predicted octanol–water partition coefficient (Wildman–Crippen LogP) is 7.92. The van der Waals surface area contributed by atoms with Gasteiger partial charge in [0.2, 0.25) is 0 Å². The van der Waals surface area contributed by atoms with Crippen LogP contribution in [0.3, 0.4) is 0 Å². The van der Waals surface area contributed by atoms with Gasteiger partial charge >= 0.3 is 0 Å². The van der Waals surface area contributed by atoms with Crippen molar-refractivity contribution in [2.75, 3.05) is 20.6 Å². The molecule has 0 saturated heterocycles. The first kappa shape index (κ1) is 30.4. The molecule has 0 spiro atoms. The molecule has 0 aliphatic carbocycles. The Bertz CT molecular complexity index is 369. The van der Waals surface area contributed by atoms with Crippen LogP contribution < -0.4 is 0 Å². The molecule has 0 saturated carbocycles. The van der Waals surface area contributed by atoms with Gasteiger partial charge in [-0.05, 0) is 12.8 Å². The SMILES string of the molecule is Br.Br.Br.CCCCCCCCCCCC[N+](C)(C)Cc1ccccc1. The summed E-state index contributed by atoms with van der Waals surface area (Å²) in [7, 11) is 4.72. The van der Waals surface area contributed by atoms with E-state index in [1.54, 1.807) is 0 Å². The number of nitrogens with zero attached hydrogens (tertiary/aromatic N) is 1. The zero-order valence-corrected chi connectivity index (χ0v) is 21.7. The third kappa shape index (κ3) is 17.8. The molecule has 1 aromatic rings. The Balaban J connectivity index is -0.00000161. The van der Waals surface area contributed by atoms with Crippen molar-refractivity contribution >= 4 is 50.9 Å². The van der Waals surface area contributed by atoms with Crippen LogP contribution in [0.4, 0.5) is 0 Å². The number of halogens is 3. The van der Waals surface area contributed by atoms with Crippen molar-refractivity contribution in [3.63, 3.8) is 0 Å². The van der Waals surface area contributed by atoms with Gasteiger partial charge in [-0.2, -0.15) is 0 Å². The molecule has 0 heterocycles. The maximum absolute atomic E-state index is 2.36. The van der Waals surface area contributed by atoms with E-state index in [1.165, 1.54) is 76.3 Å². The molecule has 0 atom stereocenters. The van der Waals surface area contributed by atoms with Crippen LogP contribution in [-0.2, 0) is 6.54 Å². The van der Waals surface area contributed by atoms with Gasteiger partial charge in [-0.1, -0.05) is 88.6 Å². The summed E-state index contributed by atoms with van der Waals surface area (Å²) in [5.74, 6) is 0. The van der Waals surface area contributed by atoms with Gasteiger partial charge in [-0.15, -0.1) is 50.9 Å². The lowest BCUT2D eigenvalue weighted by Crippen LogP contribution is -2.39. The molecule has 0 aromatic heterocycles. The second-order valence-corrected chi connectivity index (χ2v) is 7.49. The van der Waals surface area contributed by atoms with E-state index in [-0.39, 0.29) is 50.9 Å². The first-order valence-electron chi connectivity index (χ1n) is 9.50. The Kier molecular flexibility index (Phi) is 23.5. The second-order valence-electron chi connectivity index (χ2n) is 7.49. The lowest BCUT2D eigenvalue weighted by Gasteiger charge is -2.30. The molecule has 0 aliphatic heterocycles. The van der Waals surface area contributed by atoms with E-state index in [1.807, 2.05) is 0 Å². The average molecular weight is 547 g/mol. The summed E-state index contributed by atoms with van der Waals surface area (Å²) in [6, 6.07) is 10.9. The minimum Gasteiger partial charge on any atom is -0.325 e. The highest BCUT2D eigenvalue weighted by Gasteiger charge is 2.14. The van der Waals surface area contributed by atoms with Gasteiger partial charge < -0.3 is 4.48 Å². The molecule has 150 valence electrons. The monoisotopic (exact) mass is 544 g/mol. The van der Waals surface area contributed by atoms with Crippen molar-refractivity contribution in [1.82, 2.24) is 0 Å². The van der Waals surface area contributed by atoms with E-state index in [4.69, 9.17) is 0 Å². The van der Waals surface area contributed by atoms with Gasteiger partial charge in [0.15, 0.2) is 0 Å². The molecular formula is C21H41Br3N+. The molecule has 0 amide bonds. The fraction of sp³-hybridized carbons (Fsp3) is 0.714. The molecule has 0 aliphatic rings. The highest BCUT2D eigenvalue weighted by atomic mass is 79.9. The normalized spacial score (nSPS) is 10.4. The van der Waals surface area contributed by atoms with Gasteiger partial charge in [0, 0.05) is 5.56 Å². The summed E-state index contributed by atoms with van der Waals surface area (Å²) in [5.41, 5.74) is 1.46.